The fraction of sp³-hybridized carbons (Fsp3) is 0.619. The lowest BCUT2D eigenvalue weighted by Gasteiger charge is -2.38. The van der Waals surface area contributed by atoms with Gasteiger partial charge < -0.3 is 14.5 Å². The number of benzene rings is 1. The molecule has 2 saturated heterocycles. The van der Waals surface area contributed by atoms with Crippen molar-refractivity contribution in [3.05, 3.63) is 29.8 Å². The van der Waals surface area contributed by atoms with E-state index in [4.69, 9.17) is 4.74 Å². The average molecular weight is 373 g/mol. The van der Waals surface area contributed by atoms with E-state index in [1.54, 1.807) is 13.2 Å². The third-order valence-electron chi connectivity index (χ3n) is 5.56. The van der Waals surface area contributed by atoms with Crippen molar-refractivity contribution in [3.8, 4) is 5.75 Å². The molecule has 2 fully saturated rings. The van der Waals surface area contributed by atoms with Gasteiger partial charge in [-0.15, -0.1) is 0 Å². The van der Waals surface area contributed by atoms with Crippen molar-refractivity contribution in [2.75, 3.05) is 52.9 Å². The van der Waals surface area contributed by atoms with Crippen LogP contribution in [-0.2, 0) is 4.79 Å². The Kier molecular flexibility index (Phi) is 6.37. The molecule has 6 nitrogen and oxygen atoms in total. The smallest absolute Gasteiger partial charge is 0.254 e. The molecule has 6 heteroatoms. The van der Waals surface area contributed by atoms with E-state index in [9.17, 15) is 9.59 Å². The highest BCUT2D eigenvalue weighted by atomic mass is 16.5. The predicted octanol–water partition coefficient (Wildman–Crippen LogP) is 1.96. The second kappa shape index (κ2) is 8.74. The number of amides is 2. The third-order valence-corrected chi connectivity index (χ3v) is 5.56. The van der Waals surface area contributed by atoms with Gasteiger partial charge in [-0.1, -0.05) is 19.9 Å². The van der Waals surface area contributed by atoms with Gasteiger partial charge in [-0.25, -0.2) is 0 Å². The van der Waals surface area contributed by atoms with Crippen LogP contribution in [0.4, 0.5) is 0 Å². The number of hydrogen-bond acceptors (Lipinski definition) is 4. The summed E-state index contributed by atoms with van der Waals surface area (Å²) in [4.78, 5) is 31.4. The number of rotatable bonds is 4. The summed E-state index contributed by atoms with van der Waals surface area (Å²) < 4.78 is 5.20. The summed E-state index contributed by atoms with van der Waals surface area (Å²) in [5.74, 6) is 2.10. The van der Waals surface area contributed by atoms with Crippen LogP contribution in [0.5, 0.6) is 5.75 Å². The van der Waals surface area contributed by atoms with E-state index in [0.29, 0.717) is 42.8 Å². The zero-order valence-corrected chi connectivity index (χ0v) is 16.7. The quantitative estimate of drug-likeness (QED) is 0.810. The molecule has 1 aromatic rings. The molecule has 0 aromatic heterocycles. The van der Waals surface area contributed by atoms with Crippen molar-refractivity contribution in [3.63, 3.8) is 0 Å². The van der Waals surface area contributed by atoms with Crippen LogP contribution in [0.3, 0.4) is 0 Å². The first-order chi connectivity index (χ1) is 13.0. The van der Waals surface area contributed by atoms with Gasteiger partial charge in [-0.2, -0.15) is 0 Å². The van der Waals surface area contributed by atoms with E-state index in [-0.39, 0.29) is 11.8 Å². The summed E-state index contributed by atoms with van der Waals surface area (Å²) in [5, 5.41) is 0. The molecule has 0 N–H and O–H groups in total. The molecule has 2 amide bonds. The maximum atomic E-state index is 12.7. The van der Waals surface area contributed by atoms with Crippen LogP contribution in [0.25, 0.3) is 0 Å². The number of ether oxygens (including phenoxy) is 1. The molecule has 0 aliphatic carbocycles. The monoisotopic (exact) mass is 373 g/mol. The van der Waals surface area contributed by atoms with E-state index in [0.717, 1.165) is 26.2 Å². The lowest BCUT2D eigenvalue weighted by atomic mass is 9.92. The van der Waals surface area contributed by atoms with Crippen LogP contribution in [0.2, 0.25) is 0 Å². The Bertz CT molecular complexity index is 660. The van der Waals surface area contributed by atoms with E-state index in [1.165, 1.54) is 6.42 Å². The summed E-state index contributed by atoms with van der Waals surface area (Å²) in [7, 11) is 1.60. The van der Waals surface area contributed by atoms with Gasteiger partial charge in [0.15, 0.2) is 0 Å². The number of nitrogens with zero attached hydrogens (tertiary/aromatic N) is 3. The van der Waals surface area contributed by atoms with Crippen LogP contribution >= 0.6 is 0 Å². The van der Waals surface area contributed by atoms with E-state index >= 15 is 0 Å². The minimum Gasteiger partial charge on any atom is -0.497 e. The predicted molar refractivity (Wildman–Crippen MR) is 105 cm³/mol. The maximum Gasteiger partial charge on any atom is 0.254 e. The van der Waals surface area contributed by atoms with Crippen LogP contribution in [0.15, 0.2) is 24.3 Å². The lowest BCUT2D eigenvalue weighted by Crippen LogP contribution is -2.53. The molecule has 0 spiro atoms. The summed E-state index contributed by atoms with van der Waals surface area (Å²) >= 11 is 0. The molecular weight excluding hydrogens is 342 g/mol. The molecule has 0 saturated carbocycles. The molecule has 2 heterocycles. The Morgan fingerprint density at radius 3 is 2.33 bits per heavy atom. The van der Waals surface area contributed by atoms with E-state index < -0.39 is 0 Å². The van der Waals surface area contributed by atoms with Gasteiger partial charge in [0.25, 0.3) is 5.91 Å². The van der Waals surface area contributed by atoms with Gasteiger partial charge in [0.05, 0.1) is 13.7 Å². The van der Waals surface area contributed by atoms with E-state index in [2.05, 4.69) is 18.7 Å². The molecular formula is C21H31N3O3. The van der Waals surface area contributed by atoms with Crippen LogP contribution in [0, 0.1) is 11.8 Å². The first kappa shape index (κ1) is 19.7. The van der Waals surface area contributed by atoms with E-state index in [1.807, 2.05) is 28.0 Å². The third kappa shape index (κ3) is 5.01. The SMILES string of the molecule is COc1cccc(C(=O)N2CCN(CC(=O)N3C[C@H](C)C[C@H](C)C3)CC2)c1. The van der Waals surface area contributed by atoms with Crippen LogP contribution in [-0.4, -0.2) is 79.4 Å². The fourth-order valence-corrected chi connectivity index (χ4v) is 4.21. The van der Waals surface area contributed by atoms with Gasteiger partial charge in [0.1, 0.15) is 5.75 Å². The molecule has 2 aliphatic rings. The summed E-state index contributed by atoms with van der Waals surface area (Å²) in [6.07, 6.45) is 1.20. The summed E-state index contributed by atoms with van der Waals surface area (Å²) in [6, 6.07) is 7.26. The molecule has 3 rings (SSSR count). The highest BCUT2D eigenvalue weighted by Crippen LogP contribution is 2.21. The second-order valence-electron chi connectivity index (χ2n) is 8.05. The minimum atomic E-state index is 0.0264. The first-order valence-corrected chi connectivity index (χ1v) is 9.89. The van der Waals surface area contributed by atoms with Gasteiger partial charge in [0.2, 0.25) is 5.91 Å². The standard InChI is InChI=1S/C21H31N3O3/c1-16-11-17(2)14-24(13-16)20(25)15-22-7-9-23(10-8-22)21(26)18-5-4-6-19(12-18)27-3/h4-6,12,16-17H,7-11,13-15H2,1-3H3/t16-,17+. The van der Waals surface area contributed by atoms with Crippen molar-refractivity contribution in [2.45, 2.75) is 20.3 Å². The minimum absolute atomic E-state index is 0.0264. The number of carbonyl (C=O) groups excluding carboxylic acids is 2. The summed E-state index contributed by atoms with van der Waals surface area (Å²) in [5.41, 5.74) is 0.648. The fourth-order valence-electron chi connectivity index (χ4n) is 4.21. The molecule has 2 atom stereocenters. The normalized spacial score (nSPS) is 24.0. The van der Waals surface area contributed by atoms with Gasteiger partial charge in [-0.05, 0) is 36.5 Å². The average Bonchev–Trinajstić information content (AvgIpc) is 2.67. The van der Waals surface area contributed by atoms with Gasteiger partial charge in [0, 0.05) is 44.8 Å². The Morgan fingerprint density at radius 1 is 1.04 bits per heavy atom. The number of piperazine rings is 1. The molecule has 0 radical (unpaired) electrons. The number of carbonyl (C=O) groups is 2. The zero-order valence-electron chi connectivity index (χ0n) is 16.7. The topological polar surface area (TPSA) is 53.1 Å². The number of likely N-dealkylation sites (tertiary alicyclic amines) is 1. The van der Waals surface area contributed by atoms with Crippen molar-refractivity contribution >= 4 is 11.8 Å². The maximum absolute atomic E-state index is 12.7. The number of hydrogen-bond donors (Lipinski definition) is 0. The highest BCUT2D eigenvalue weighted by molar-refractivity contribution is 5.94. The number of methoxy groups -OCH3 is 1. The molecule has 0 bridgehead atoms. The highest BCUT2D eigenvalue weighted by Gasteiger charge is 2.28. The molecule has 1 aromatic carbocycles. The van der Waals surface area contributed by atoms with Crippen molar-refractivity contribution in [1.82, 2.24) is 14.7 Å². The second-order valence-corrected chi connectivity index (χ2v) is 8.05. The Morgan fingerprint density at radius 2 is 1.70 bits per heavy atom. The Hall–Kier alpha value is -2.08. The molecule has 2 aliphatic heterocycles. The van der Waals surface area contributed by atoms with Crippen molar-refractivity contribution < 1.29 is 14.3 Å². The summed E-state index contributed by atoms with van der Waals surface area (Å²) in [6.45, 7) is 9.42. The molecule has 27 heavy (non-hydrogen) atoms. The Balaban J connectivity index is 1.49. The van der Waals surface area contributed by atoms with Crippen molar-refractivity contribution in [1.29, 1.82) is 0 Å². The largest absolute Gasteiger partial charge is 0.497 e. The van der Waals surface area contributed by atoms with Crippen LogP contribution < -0.4 is 4.74 Å². The molecule has 148 valence electrons. The van der Waals surface area contributed by atoms with Gasteiger partial charge in [-0.3, -0.25) is 14.5 Å². The van der Waals surface area contributed by atoms with Crippen LogP contribution in [0.1, 0.15) is 30.6 Å². The zero-order chi connectivity index (χ0) is 19.4. The van der Waals surface area contributed by atoms with Gasteiger partial charge >= 0.3 is 0 Å². The van der Waals surface area contributed by atoms with Crippen molar-refractivity contribution in [2.24, 2.45) is 11.8 Å². The Labute approximate surface area is 162 Å². The lowest BCUT2D eigenvalue weighted by molar-refractivity contribution is -0.135. The molecule has 0 unspecified atom stereocenters. The first-order valence-electron chi connectivity index (χ1n) is 9.89. The number of piperidine rings is 1.